The number of ether oxygens (including phenoxy) is 2. The van der Waals surface area contributed by atoms with Crippen LogP contribution in [0.3, 0.4) is 0 Å². The van der Waals surface area contributed by atoms with Gasteiger partial charge in [-0.25, -0.2) is 0 Å². The minimum atomic E-state index is -1.74. The average molecular weight is 927 g/mol. The molecule has 1 aromatic rings. The molecule has 2 rings (SSSR count). The molecule has 2 unspecified atom stereocenters. The van der Waals surface area contributed by atoms with Gasteiger partial charge in [-0.05, 0) is 114 Å². The van der Waals surface area contributed by atoms with Crippen LogP contribution in [0.4, 0.5) is 0 Å². The number of carbonyl (C=O) groups is 2. The maximum absolute atomic E-state index is 12.9. The van der Waals surface area contributed by atoms with E-state index in [4.69, 9.17) is 9.47 Å². The molecule has 0 saturated carbocycles. The average Bonchev–Trinajstić information content (AvgIpc) is 3.35. The number of aliphatic hydroxyl groups excluding tert-OH is 5. The Labute approximate surface area is 409 Å². The third-order valence-corrected chi connectivity index (χ3v) is 9.91. The number of unbranched alkanes of at least 4 members (excludes halogenated alkanes) is 11. The quantitative estimate of drug-likeness (QED) is 0.0643. The van der Waals surface area contributed by atoms with Crippen molar-refractivity contribution < 1.29 is 44.6 Å². The molecule has 1 fully saturated rings. The molecule has 2 amide bonds. The maximum atomic E-state index is 12.9. The molecular formula is C58H58N2O9. The van der Waals surface area contributed by atoms with Crippen molar-refractivity contribution in [2.75, 3.05) is 13.2 Å². The lowest BCUT2D eigenvalue weighted by atomic mass is 9.98. The summed E-state index contributed by atoms with van der Waals surface area (Å²) in [7, 11) is 0. The summed E-state index contributed by atoms with van der Waals surface area (Å²) < 4.78 is 11.5. The Morgan fingerprint density at radius 1 is 0.609 bits per heavy atom. The zero-order valence-electron chi connectivity index (χ0n) is 39.2. The highest BCUT2D eigenvalue weighted by atomic mass is 16.7. The molecule has 8 atom stereocenters. The van der Waals surface area contributed by atoms with E-state index >= 15 is 0 Å². The van der Waals surface area contributed by atoms with Crippen LogP contribution in [0.15, 0.2) is 30.3 Å². The summed E-state index contributed by atoms with van der Waals surface area (Å²) in [6.45, 7) is 3.16. The molecule has 69 heavy (non-hydrogen) atoms. The van der Waals surface area contributed by atoms with Gasteiger partial charge >= 0.3 is 0 Å². The van der Waals surface area contributed by atoms with Crippen molar-refractivity contribution in [1.82, 2.24) is 10.6 Å². The summed E-state index contributed by atoms with van der Waals surface area (Å²) in [5.74, 6) is 58.3. The molecule has 11 heteroatoms. The van der Waals surface area contributed by atoms with Gasteiger partial charge in [-0.3, -0.25) is 9.59 Å². The van der Waals surface area contributed by atoms with Gasteiger partial charge in [-0.1, -0.05) is 120 Å². The third kappa shape index (κ3) is 28.4. The first-order valence-corrected chi connectivity index (χ1v) is 22.9. The minimum Gasteiger partial charge on any atom is -0.390 e. The molecule has 1 aliphatic rings. The largest absolute Gasteiger partial charge is 0.390 e. The number of carbonyl (C=O) groups excluding carboxylic acids is 2. The highest BCUT2D eigenvalue weighted by Crippen LogP contribution is 2.23. The van der Waals surface area contributed by atoms with E-state index in [0.29, 0.717) is 6.42 Å². The summed E-state index contributed by atoms with van der Waals surface area (Å²) in [6.07, 6.45) is 3.32. The molecule has 1 aliphatic heterocycles. The lowest BCUT2D eigenvalue weighted by Gasteiger charge is -2.41. The van der Waals surface area contributed by atoms with Gasteiger partial charge in [-0.2, -0.15) is 0 Å². The van der Waals surface area contributed by atoms with Crippen molar-refractivity contribution in [2.24, 2.45) is 0 Å². The molecule has 0 bridgehead atoms. The molecule has 1 heterocycles. The number of hydrogen-bond donors (Lipinski definition) is 7. The second-order valence-corrected chi connectivity index (χ2v) is 15.3. The molecular weight excluding hydrogens is 869 g/mol. The fraction of sp³-hybridized carbons (Fsp3) is 0.448. The molecule has 1 aromatic carbocycles. The Kier molecular flexibility index (Phi) is 32.4. The van der Waals surface area contributed by atoms with Gasteiger partial charge in [0.05, 0.1) is 25.2 Å². The lowest BCUT2D eigenvalue weighted by molar-refractivity contribution is -0.297. The normalized spacial score (nSPS) is 16.8. The van der Waals surface area contributed by atoms with E-state index in [1.54, 1.807) is 31.2 Å². The van der Waals surface area contributed by atoms with Crippen LogP contribution in [0.2, 0.25) is 0 Å². The fourth-order valence-electron chi connectivity index (χ4n) is 6.32. The highest BCUT2D eigenvalue weighted by molar-refractivity contribution is 5.94. The van der Waals surface area contributed by atoms with E-state index in [1.165, 1.54) is 44.9 Å². The van der Waals surface area contributed by atoms with Crippen molar-refractivity contribution in [1.29, 1.82) is 0 Å². The zero-order chi connectivity index (χ0) is 50.0. The van der Waals surface area contributed by atoms with Crippen LogP contribution in [0.25, 0.3) is 0 Å². The molecule has 0 aromatic heterocycles. The predicted molar refractivity (Wildman–Crippen MR) is 264 cm³/mol. The van der Waals surface area contributed by atoms with Crippen LogP contribution in [0.1, 0.15) is 103 Å². The van der Waals surface area contributed by atoms with E-state index in [-0.39, 0.29) is 25.3 Å². The smallest absolute Gasteiger partial charge is 0.297 e. The Morgan fingerprint density at radius 3 is 1.54 bits per heavy atom. The predicted octanol–water partition coefficient (Wildman–Crippen LogP) is 2.53. The van der Waals surface area contributed by atoms with Gasteiger partial charge in [-0.15, -0.1) is 0 Å². The van der Waals surface area contributed by atoms with Crippen molar-refractivity contribution in [3.05, 3.63) is 35.9 Å². The van der Waals surface area contributed by atoms with Crippen molar-refractivity contribution in [2.45, 2.75) is 153 Å². The number of benzene rings is 1. The van der Waals surface area contributed by atoms with Crippen LogP contribution in [0.5, 0.6) is 0 Å². The van der Waals surface area contributed by atoms with Crippen molar-refractivity contribution in [3.63, 3.8) is 0 Å². The highest BCUT2D eigenvalue weighted by Gasteiger charge is 2.45. The minimum absolute atomic E-state index is 0.0677. The van der Waals surface area contributed by atoms with Gasteiger partial charge in [0.25, 0.3) is 5.91 Å². The lowest BCUT2D eigenvalue weighted by Crippen LogP contribution is -2.61. The Morgan fingerprint density at radius 2 is 1.06 bits per heavy atom. The maximum Gasteiger partial charge on any atom is 0.297 e. The van der Waals surface area contributed by atoms with Gasteiger partial charge in [0.15, 0.2) is 6.29 Å². The summed E-state index contributed by atoms with van der Waals surface area (Å²) in [6, 6.07) is 7.74. The second-order valence-electron chi connectivity index (χ2n) is 15.3. The second kappa shape index (κ2) is 38.7. The van der Waals surface area contributed by atoms with Gasteiger partial charge in [0, 0.05) is 48.0 Å². The van der Waals surface area contributed by atoms with E-state index in [0.717, 1.165) is 31.2 Å². The number of nitrogens with one attached hydrogen (secondary N) is 2. The molecule has 0 spiro atoms. The summed E-state index contributed by atoms with van der Waals surface area (Å²) in [5, 5.41) is 59.4. The Balaban J connectivity index is 2.01. The van der Waals surface area contributed by atoms with Crippen LogP contribution in [-0.4, -0.2) is 99.5 Å². The van der Waals surface area contributed by atoms with E-state index in [2.05, 4.69) is 160 Å². The van der Waals surface area contributed by atoms with Crippen molar-refractivity contribution >= 4 is 11.8 Å². The number of aliphatic hydroxyl groups is 5. The monoisotopic (exact) mass is 926 g/mol. The van der Waals surface area contributed by atoms with E-state index in [9.17, 15) is 35.1 Å². The molecule has 1 saturated heterocycles. The molecule has 354 valence electrons. The first-order chi connectivity index (χ1) is 33.7. The molecule has 0 radical (unpaired) electrons. The van der Waals surface area contributed by atoms with Crippen LogP contribution in [-0.2, 0) is 25.5 Å². The van der Waals surface area contributed by atoms with Gasteiger partial charge < -0.3 is 45.6 Å². The fourth-order valence-corrected chi connectivity index (χ4v) is 6.32. The van der Waals surface area contributed by atoms with Gasteiger partial charge in [0.2, 0.25) is 5.91 Å². The SMILES string of the molecule is CC#CC#CC#CC#CC#CC#CC#CC#CC#CC#CC#CC#CC(=O)N[C@@H](CO[C@H]1OC(CNC(=O)Cc2ccccc2)[C@H](O)[C@H](O)C1O)[C@H](O)[C@H](O)CCCCCCCCCCCCCC. The van der Waals surface area contributed by atoms with E-state index in [1.807, 2.05) is 6.07 Å². The van der Waals surface area contributed by atoms with Crippen LogP contribution in [0, 0.1) is 142 Å². The Hall–Kier alpha value is -7.40. The summed E-state index contributed by atoms with van der Waals surface area (Å²) in [4.78, 5) is 25.5. The Bertz CT molecular complexity index is 2590. The first kappa shape index (κ1) is 57.7. The van der Waals surface area contributed by atoms with Crippen LogP contribution < -0.4 is 10.6 Å². The molecule has 11 nitrogen and oxygen atoms in total. The third-order valence-electron chi connectivity index (χ3n) is 9.91. The van der Waals surface area contributed by atoms with Gasteiger partial charge in [0.1, 0.15) is 30.5 Å². The van der Waals surface area contributed by atoms with E-state index < -0.39 is 61.5 Å². The van der Waals surface area contributed by atoms with Crippen molar-refractivity contribution in [3.8, 4) is 142 Å². The number of amides is 2. The number of hydrogen-bond acceptors (Lipinski definition) is 9. The van der Waals surface area contributed by atoms with Crippen LogP contribution >= 0.6 is 0 Å². The summed E-state index contributed by atoms with van der Waals surface area (Å²) >= 11 is 0. The molecule has 0 aliphatic carbocycles. The first-order valence-electron chi connectivity index (χ1n) is 22.9. The standard InChI is InChI=1S/C58H58N2O9/c1-3-5-7-9-11-13-15-17-18-19-20-21-22-23-24-25-26-27-29-31-33-35-40-44-52(62)60-49(54(64)50(61)43-39-34-32-30-28-16-14-12-10-8-6-4-2)47-68-58-57(67)56(66)55(65)51(69-58)46-59-53(63)45-48-41-37-36-38-42-48/h36-38,41-42,49-51,54-58,61,64-67H,4,6,8,10,12,14,16,28,30,32,34,39,43,45-47H2,1-2H3,(H,59,63)(H,60,62)/t49-,50+,51?,54-,55-,56-,57?,58-/m0/s1. The number of rotatable bonds is 23. The topological polar surface area (TPSA) is 178 Å². The zero-order valence-corrected chi connectivity index (χ0v) is 39.2. The summed E-state index contributed by atoms with van der Waals surface area (Å²) in [5.41, 5.74) is 0.768. The molecule has 7 N–H and O–H groups in total.